The van der Waals surface area contributed by atoms with E-state index in [2.05, 4.69) is 4.98 Å². The minimum Gasteiger partial charge on any atom is -0.507 e. The van der Waals surface area contributed by atoms with E-state index in [4.69, 9.17) is 0 Å². The van der Waals surface area contributed by atoms with E-state index in [1.165, 1.54) is 30.4 Å². The second kappa shape index (κ2) is 9.18. The molecule has 36 heavy (non-hydrogen) atoms. The van der Waals surface area contributed by atoms with Crippen LogP contribution in [0.5, 0.6) is 5.75 Å². The molecule has 0 aliphatic rings. The van der Waals surface area contributed by atoms with Crippen LogP contribution in [-0.2, 0) is 18.8 Å². The minimum atomic E-state index is -5.32. The number of alkyl halides is 6. The molecule has 1 heterocycles. The Balaban J connectivity index is 1.99. The first-order valence-electron chi connectivity index (χ1n) is 10.7. The summed E-state index contributed by atoms with van der Waals surface area (Å²) in [5, 5.41) is 10.5. The van der Waals surface area contributed by atoms with Crippen LogP contribution in [0.1, 0.15) is 35.0 Å². The molecule has 0 aliphatic carbocycles. The average Bonchev–Trinajstić information content (AvgIpc) is 2.82. The van der Waals surface area contributed by atoms with E-state index < -0.39 is 34.7 Å². The van der Waals surface area contributed by atoms with Gasteiger partial charge in [-0.25, -0.2) is 4.98 Å². The lowest BCUT2D eigenvalue weighted by molar-refractivity contribution is -0.162. The summed E-state index contributed by atoms with van der Waals surface area (Å²) in [7, 11) is 0. The average molecular weight is 504 g/mol. The number of fused-ring (bicyclic) bond motifs is 1. The molecule has 4 nitrogen and oxygen atoms in total. The van der Waals surface area contributed by atoms with Gasteiger partial charge in [0.1, 0.15) is 11.6 Å². The van der Waals surface area contributed by atoms with Crippen LogP contribution in [0.4, 0.5) is 26.3 Å². The second-order valence-electron chi connectivity index (χ2n) is 7.89. The van der Waals surface area contributed by atoms with Crippen LogP contribution in [0.25, 0.3) is 28.7 Å². The topological polar surface area (TPSA) is 55.1 Å². The molecule has 0 saturated heterocycles. The van der Waals surface area contributed by atoms with Gasteiger partial charge in [0.05, 0.1) is 27.7 Å². The zero-order valence-electron chi connectivity index (χ0n) is 18.7. The molecule has 4 aromatic rings. The number of hydrogen-bond acceptors (Lipinski definition) is 3. The van der Waals surface area contributed by atoms with E-state index >= 15 is 0 Å². The molecule has 4 rings (SSSR count). The molecule has 0 radical (unpaired) electrons. The van der Waals surface area contributed by atoms with Crippen molar-refractivity contribution in [2.75, 3.05) is 0 Å². The summed E-state index contributed by atoms with van der Waals surface area (Å²) in [6.07, 6.45) is -7.29. The van der Waals surface area contributed by atoms with Crippen molar-refractivity contribution in [3.05, 3.63) is 99.1 Å². The quantitative estimate of drug-likeness (QED) is 0.309. The molecule has 1 N–H and O–H groups in total. The lowest BCUT2D eigenvalue weighted by Gasteiger charge is -2.18. The van der Waals surface area contributed by atoms with Gasteiger partial charge < -0.3 is 5.11 Å². The highest BCUT2D eigenvalue weighted by molar-refractivity contribution is 5.80. The largest absolute Gasteiger partial charge is 0.507 e. The smallest absolute Gasteiger partial charge is 0.417 e. The van der Waals surface area contributed by atoms with Crippen molar-refractivity contribution in [2.45, 2.75) is 25.7 Å². The highest BCUT2D eigenvalue weighted by Crippen LogP contribution is 2.41. The Kier molecular flexibility index (Phi) is 6.38. The standard InChI is InChI=1S/C26H18F6N2O2/c1-2-15-6-5-7-16(23(15)35)10-13-22-33-21-9-4-3-8-18(21)24(36)34(22)17-11-12-19(25(27,28)29)20(14-17)26(30,31)32/h3-14,35H,2H2,1H3/b13-10+. The Labute approximate surface area is 200 Å². The number of aromatic nitrogens is 2. The number of aromatic hydroxyl groups is 1. The van der Waals surface area contributed by atoms with Gasteiger partial charge in [-0.1, -0.05) is 37.3 Å². The van der Waals surface area contributed by atoms with Crippen molar-refractivity contribution in [3.63, 3.8) is 0 Å². The monoisotopic (exact) mass is 504 g/mol. The van der Waals surface area contributed by atoms with Crippen molar-refractivity contribution in [2.24, 2.45) is 0 Å². The van der Waals surface area contributed by atoms with Gasteiger partial charge in [0, 0.05) is 5.56 Å². The molecule has 186 valence electrons. The van der Waals surface area contributed by atoms with Gasteiger partial charge in [-0.3, -0.25) is 9.36 Å². The van der Waals surface area contributed by atoms with Gasteiger partial charge in [0.25, 0.3) is 5.56 Å². The fraction of sp³-hybridized carbons (Fsp3) is 0.154. The first-order valence-corrected chi connectivity index (χ1v) is 10.7. The van der Waals surface area contributed by atoms with E-state index in [9.17, 15) is 36.2 Å². The van der Waals surface area contributed by atoms with E-state index in [1.54, 1.807) is 24.3 Å². The fourth-order valence-electron chi connectivity index (χ4n) is 3.86. The number of phenolic OH excluding ortho intramolecular Hbond substituents is 1. The zero-order valence-corrected chi connectivity index (χ0v) is 18.7. The Morgan fingerprint density at radius 3 is 2.25 bits per heavy atom. The summed E-state index contributed by atoms with van der Waals surface area (Å²) in [6.45, 7) is 1.84. The molecule has 0 aliphatic heterocycles. The molecule has 0 atom stereocenters. The SMILES string of the molecule is CCc1cccc(/C=C/c2nc3ccccc3c(=O)n2-c2ccc(C(F)(F)F)c(C(F)(F)F)c2)c1O. The van der Waals surface area contributed by atoms with Gasteiger partial charge >= 0.3 is 12.4 Å². The molecule has 0 fully saturated rings. The van der Waals surface area contributed by atoms with Gasteiger partial charge in [-0.2, -0.15) is 26.3 Å². The van der Waals surface area contributed by atoms with E-state index in [0.717, 1.165) is 10.6 Å². The molecule has 3 aromatic carbocycles. The van der Waals surface area contributed by atoms with Crippen LogP contribution in [0, 0.1) is 0 Å². The van der Waals surface area contributed by atoms with Crippen LogP contribution < -0.4 is 5.56 Å². The lowest BCUT2D eigenvalue weighted by Crippen LogP contribution is -2.24. The summed E-state index contributed by atoms with van der Waals surface area (Å²) in [5.41, 5.74) is -3.72. The van der Waals surface area contributed by atoms with E-state index in [-0.39, 0.29) is 28.5 Å². The predicted molar refractivity (Wildman–Crippen MR) is 124 cm³/mol. The predicted octanol–water partition coefficient (Wildman–Crippen LogP) is 6.86. The normalized spacial score (nSPS) is 12.5. The first-order chi connectivity index (χ1) is 16.9. The Morgan fingerprint density at radius 1 is 0.889 bits per heavy atom. The number of hydrogen-bond donors (Lipinski definition) is 1. The third-order valence-corrected chi connectivity index (χ3v) is 5.62. The number of para-hydroxylation sites is 2. The summed E-state index contributed by atoms with van der Waals surface area (Å²) in [4.78, 5) is 17.7. The van der Waals surface area contributed by atoms with Crippen LogP contribution in [-0.4, -0.2) is 14.7 Å². The van der Waals surface area contributed by atoms with Crippen molar-refractivity contribution >= 4 is 23.1 Å². The van der Waals surface area contributed by atoms with Crippen LogP contribution >= 0.6 is 0 Å². The van der Waals surface area contributed by atoms with Gasteiger partial charge in [-0.15, -0.1) is 0 Å². The number of aryl methyl sites for hydroxylation is 1. The molecule has 0 saturated carbocycles. The van der Waals surface area contributed by atoms with Crippen molar-refractivity contribution in [3.8, 4) is 11.4 Å². The highest BCUT2D eigenvalue weighted by atomic mass is 19.4. The summed E-state index contributed by atoms with van der Waals surface area (Å²) in [6, 6.07) is 12.5. The van der Waals surface area contributed by atoms with Gasteiger partial charge in [-0.05, 0) is 54.5 Å². The van der Waals surface area contributed by atoms with Gasteiger partial charge in [0.2, 0.25) is 0 Å². The minimum absolute atomic E-state index is 0.0141. The molecular formula is C26H18F6N2O2. The molecule has 1 aromatic heterocycles. The molecule has 0 amide bonds. The number of rotatable bonds is 4. The summed E-state index contributed by atoms with van der Waals surface area (Å²) in [5.74, 6) is -0.146. The molecule has 0 bridgehead atoms. The summed E-state index contributed by atoms with van der Waals surface area (Å²) >= 11 is 0. The number of benzene rings is 3. The Hall–Kier alpha value is -4.08. The highest BCUT2D eigenvalue weighted by Gasteiger charge is 2.43. The van der Waals surface area contributed by atoms with Crippen molar-refractivity contribution in [1.82, 2.24) is 9.55 Å². The maximum Gasteiger partial charge on any atom is 0.417 e. The first kappa shape index (κ1) is 25.0. The van der Waals surface area contributed by atoms with Crippen molar-refractivity contribution in [1.29, 1.82) is 0 Å². The maximum absolute atomic E-state index is 13.6. The van der Waals surface area contributed by atoms with Crippen LogP contribution in [0.15, 0.2) is 65.5 Å². The number of phenols is 1. The fourth-order valence-corrected chi connectivity index (χ4v) is 3.86. The lowest BCUT2D eigenvalue weighted by atomic mass is 10.0. The number of halogens is 6. The second-order valence-corrected chi connectivity index (χ2v) is 7.89. The van der Waals surface area contributed by atoms with E-state index in [0.29, 0.717) is 23.6 Å². The molecule has 0 spiro atoms. The molecular weight excluding hydrogens is 486 g/mol. The number of nitrogens with zero attached hydrogens (tertiary/aromatic N) is 2. The van der Waals surface area contributed by atoms with Crippen LogP contribution in [0.3, 0.4) is 0 Å². The van der Waals surface area contributed by atoms with Crippen molar-refractivity contribution < 1.29 is 31.4 Å². The van der Waals surface area contributed by atoms with E-state index in [1.807, 2.05) is 6.92 Å². The van der Waals surface area contributed by atoms with Crippen LogP contribution in [0.2, 0.25) is 0 Å². The Morgan fingerprint density at radius 2 is 1.58 bits per heavy atom. The third kappa shape index (κ3) is 4.71. The maximum atomic E-state index is 13.6. The Bertz CT molecular complexity index is 1530. The zero-order chi connectivity index (χ0) is 26.3. The third-order valence-electron chi connectivity index (χ3n) is 5.62. The van der Waals surface area contributed by atoms with Gasteiger partial charge in [0.15, 0.2) is 0 Å². The molecule has 10 heteroatoms. The molecule has 0 unspecified atom stereocenters. The summed E-state index contributed by atoms with van der Waals surface area (Å²) < 4.78 is 81.3.